The molecule has 0 spiro atoms. The molecule has 1 aromatic carbocycles. The summed E-state index contributed by atoms with van der Waals surface area (Å²) >= 11 is 3.48. The van der Waals surface area contributed by atoms with Crippen LogP contribution in [0.2, 0.25) is 0 Å². The second-order valence-corrected chi connectivity index (χ2v) is 6.29. The molecule has 1 aliphatic heterocycles. The molecular formula is C15H21BrN2O. The Morgan fingerprint density at radius 1 is 1.37 bits per heavy atom. The van der Waals surface area contributed by atoms with Gasteiger partial charge in [0.05, 0.1) is 5.56 Å². The predicted octanol–water partition coefficient (Wildman–Crippen LogP) is 2.92. The SMILES string of the molecule is Cc1ccc(Br)c(C(=O)N(C)C2CCN(C)CC2)c1. The molecule has 4 heteroatoms. The van der Waals surface area contributed by atoms with E-state index in [0.717, 1.165) is 41.5 Å². The lowest BCUT2D eigenvalue weighted by Gasteiger charge is -2.35. The maximum absolute atomic E-state index is 12.6. The van der Waals surface area contributed by atoms with Crippen LogP contribution in [0.5, 0.6) is 0 Å². The van der Waals surface area contributed by atoms with Crippen LogP contribution in [0.15, 0.2) is 22.7 Å². The van der Waals surface area contributed by atoms with Gasteiger partial charge < -0.3 is 9.80 Å². The number of hydrogen-bond donors (Lipinski definition) is 0. The molecule has 2 rings (SSSR count). The van der Waals surface area contributed by atoms with Gasteiger partial charge in [-0.1, -0.05) is 11.6 Å². The van der Waals surface area contributed by atoms with Crippen molar-refractivity contribution in [2.45, 2.75) is 25.8 Å². The number of halogens is 1. The van der Waals surface area contributed by atoms with Gasteiger partial charge in [0.25, 0.3) is 5.91 Å². The van der Waals surface area contributed by atoms with E-state index in [0.29, 0.717) is 6.04 Å². The standard InChI is InChI=1S/C15H21BrN2O/c1-11-4-5-14(16)13(10-11)15(19)18(3)12-6-8-17(2)9-7-12/h4-5,10,12H,6-9H2,1-3H3. The maximum atomic E-state index is 12.6. The molecule has 0 atom stereocenters. The van der Waals surface area contributed by atoms with E-state index in [9.17, 15) is 4.79 Å². The number of piperidine rings is 1. The lowest BCUT2D eigenvalue weighted by Crippen LogP contribution is -2.44. The van der Waals surface area contributed by atoms with Crippen molar-refractivity contribution in [3.8, 4) is 0 Å². The monoisotopic (exact) mass is 324 g/mol. The fraction of sp³-hybridized carbons (Fsp3) is 0.533. The highest BCUT2D eigenvalue weighted by atomic mass is 79.9. The summed E-state index contributed by atoms with van der Waals surface area (Å²) in [6.45, 7) is 4.15. The summed E-state index contributed by atoms with van der Waals surface area (Å²) < 4.78 is 0.878. The van der Waals surface area contributed by atoms with Gasteiger partial charge in [0.15, 0.2) is 0 Å². The summed E-state index contributed by atoms with van der Waals surface area (Å²) in [5.41, 5.74) is 1.88. The molecule has 0 unspecified atom stereocenters. The molecule has 0 radical (unpaired) electrons. The Bertz CT molecular complexity index is 467. The third-order valence-electron chi connectivity index (χ3n) is 3.91. The first-order chi connectivity index (χ1) is 8.99. The number of carbonyl (C=O) groups excluding carboxylic acids is 1. The summed E-state index contributed by atoms with van der Waals surface area (Å²) in [6, 6.07) is 6.27. The number of aryl methyl sites for hydroxylation is 1. The molecule has 0 saturated carbocycles. The van der Waals surface area contributed by atoms with Crippen LogP contribution in [-0.2, 0) is 0 Å². The second-order valence-electron chi connectivity index (χ2n) is 5.43. The van der Waals surface area contributed by atoms with E-state index >= 15 is 0 Å². The Morgan fingerprint density at radius 2 is 2.00 bits per heavy atom. The highest BCUT2D eigenvalue weighted by Gasteiger charge is 2.25. The van der Waals surface area contributed by atoms with E-state index in [2.05, 4.69) is 27.9 Å². The van der Waals surface area contributed by atoms with Crippen molar-refractivity contribution < 1.29 is 4.79 Å². The summed E-state index contributed by atoms with van der Waals surface area (Å²) in [4.78, 5) is 16.8. The lowest BCUT2D eigenvalue weighted by atomic mass is 10.0. The first kappa shape index (κ1) is 14.5. The van der Waals surface area contributed by atoms with Gasteiger partial charge in [0, 0.05) is 17.6 Å². The minimum Gasteiger partial charge on any atom is -0.339 e. The van der Waals surface area contributed by atoms with E-state index in [1.807, 2.05) is 37.1 Å². The number of carbonyl (C=O) groups is 1. The van der Waals surface area contributed by atoms with E-state index in [1.54, 1.807) is 0 Å². The minimum absolute atomic E-state index is 0.116. The zero-order valence-corrected chi connectivity index (χ0v) is 13.4. The van der Waals surface area contributed by atoms with Crippen LogP contribution in [0.1, 0.15) is 28.8 Å². The third kappa shape index (κ3) is 3.37. The van der Waals surface area contributed by atoms with Crippen LogP contribution in [0, 0.1) is 6.92 Å². The van der Waals surface area contributed by atoms with Crippen molar-refractivity contribution in [2.24, 2.45) is 0 Å². The largest absolute Gasteiger partial charge is 0.339 e. The number of rotatable bonds is 2. The zero-order chi connectivity index (χ0) is 14.0. The Labute approximate surface area is 123 Å². The van der Waals surface area contributed by atoms with Crippen molar-refractivity contribution in [2.75, 3.05) is 27.2 Å². The van der Waals surface area contributed by atoms with Gasteiger partial charge in [-0.05, 0) is 68.0 Å². The molecule has 104 valence electrons. The summed E-state index contributed by atoms with van der Waals surface area (Å²) in [5.74, 6) is 0.116. The summed E-state index contributed by atoms with van der Waals surface area (Å²) in [7, 11) is 4.06. The van der Waals surface area contributed by atoms with Gasteiger partial charge in [-0.15, -0.1) is 0 Å². The first-order valence-electron chi connectivity index (χ1n) is 6.71. The molecule has 0 N–H and O–H groups in total. The van der Waals surface area contributed by atoms with E-state index in [1.165, 1.54) is 0 Å². The Kier molecular flexibility index (Phi) is 4.63. The quantitative estimate of drug-likeness (QED) is 0.835. The molecule has 19 heavy (non-hydrogen) atoms. The fourth-order valence-electron chi connectivity index (χ4n) is 2.54. The van der Waals surface area contributed by atoms with Crippen molar-refractivity contribution >= 4 is 21.8 Å². The average Bonchev–Trinajstić information content (AvgIpc) is 2.41. The van der Waals surface area contributed by atoms with Crippen LogP contribution in [0.25, 0.3) is 0 Å². The van der Waals surface area contributed by atoms with Gasteiger partial charge in [-0.2, -0.15) is 0 Å². The van der Waals surface area contributed by atoms with Gasteiger partial charge in [0.1, 0.15) is 0 Å². The van der Waals surface area contributed by atoms with E-state index in [4.69, 9.17) is 0 Å². The molecule has 1 amide bonds. The lowest BCUT2D eigenvalue weighted by molar-refractivity contribution is 0.0658. The molecule has 0 aliphatic carbocycles. The maximum Gasteiger partial charge on any atom is 0.255 e. The predicted molar refractivity (Wildman–Crippen MR) is 81.5 cm³/mol. The highest BCUT2D eigenvalue weighted by Crippen LogP contribution is 2.22. The van der Waals surface area contributed by atoms with E-state index < -0.39 is 0 Å². The number of amides is 1. The van der Waals surface area contributed by atoms with Crippen LogP contribution < -0.4 is 0 Å². The fourth-order valence-corrected chi connectivity index (χ4v) is 2.96. The summed E-state index contributed by atoms with van der Waals surface area (Å²) in [5, 5.41) is 0. The average molecular weight is 325 g/mol. The molecule has 1 heterocycles. The van der Waals surface area contributed by atoms with Crippen LogP contribution >= 0.6 is 15.9 Å². The topological polar surface area (TPSA) is 23.6 Å². The van der Waals surface area contributed by atoms with Gasteiger partial charge >= 0.3 is 0 Å². The number of nitrogens with zero attached hydrogens (tertiary/aromatic N) is 2. The number of benzene rings is 1. The molecule has 1 fully saturated rings. The molecule has 0 aromatic heterocycles. The number of likely N-dealkylation sites (tertiary alicyclic amines) is 1. The molecule has 1 aliphatic rings. The molecular weight excluding hydrogens is 304 g/mol. The number of hydrogen-bond acceptors (Lipinski definition) is 2. The Morgan fingerprint density at radius 3 is 2.63 bits per heavy atom. The highest BCUT2D eigenvalue weighted by molar-refractivity contribution is 9.10. The van der Waals surface area contributed by atoms with Gasteiger partial charge in [0.2, 0.25) is 0 Å². The second kappa shape index (κ2) is 6.06. The van der Waals surface area contributed by atoms with Crippen molar-refractivity contribution in [1.82, 2.24) is 9.80 Å². The molecule has 1 saturated heterocycles. The first-order valence-corrected chi connectivity index (χ1v) is 7.50. The van der Waals surface area contributed by atoms with Gasteiger partial charge in [-0.25, -0.2) is 0 Å². The Balaban J connectivity index is 2.12. The van der Waals surface area contributed by atoms with Crippen LogP contribution in [0.4, 0.5) is 0 Å². The summed E-state index contributed by atoms with van der Waals surface area (Å²) in [6.07, 6.45) is 2.12. The van der Waals surface area contributed by atoms with Crippen LogP contribution in [-0.4, -0.2) is 48.9 Å². The molecule has 3 nitrogen and oxygen atoms in total. The van der Waals surface area contributed by atoms with Gasteiger partial charge in [-0.3, -0.25) is 4.79 Å². The third-order valence-corrected chi connectivity index (χ3v) is 4.60. The molecule has 1 aromatic rings. The normalized spacial score (nSPS) is 17.5. The Hall–Kier alpha value is -0.870. The van der Waals surface area contributed by atoms with Crippen molar-refractivity contribution in [3.63, 3.8) is 0 Å². The zero-order valence-electron chi connectivity index (χ0n) is 11.8. The smallest absolute Gasteiger partial charge is 0.255 e. The van der Waals surface area contributed by atoms with Crippen LogP contribution in [0.3, 0.4) is 0 Å². The minimum atomic E-state index is 0.116. The van der Waals surface area contributed by atoms with Crippen molar-refractivity contribution in [3.05, 3.63) is 33.8 Å². The van der Waals surface area contributed by atoms with E-state index in [-0.39, 0.29) is 5.91 Å². The molecule has 0 bridgehead atoms. The van der Waals surface area contributed by atoms with Crippen molar-refractivity contribution in [1.29, 1.82) is 0 Å².